The Balaban J connectivity index is 1.46. The summed E-state index contributed by atoms with van der Waals surface area (Å²) in [7, 11) is -7.30. The Morgan fingerprint density at radius 1 is 0.812 bits per heavy atom. The number of nitrogens with one attached hydrogen (secondary N) is 3. The van der Waals surface area contributed by atoms with Crippen LogP contribution in [0.15, 0.2) is 64.4 Å². The number of hydrazine groups is 1. The van der Waals surface area contributed by atoms with Gasteiger partial charge in [0.2, 0.25) is 26.0 Å². The molecular formula is C20H24N4O6S2. The molecule has 1 fully saturated rings. The number of carbonyl (C=O) groups excluding carboxylic acids is 2. The molecule has 0 aromatic heterocycles. The standard InChI is InChI=1S/C20H24N4O6S2/c25-19(12-13-21-31(27,28)17-6-2-1-3-7-17)22-23-20(26)16-8-10-18(11-9-16)32(29,30)24-14-4-5-15-24/h1-3,6-11,21H,4-5,12-15H2,(H,22,25)(H,23,26). The molecule has 0 spiro atoms. The molecule has 0 unspecified atom stereocenters. The average molecular weight is 481 g/mol. The van der Waals surface area contributed by atoms with E-state index in [1.54, 1.807) is 18.2 Å². The highest BCUT2D eigenvalue weighted by atomic mass is 32.2. The number of benzene rings is 2. The van der Waals surface area contributed by atoms with E-state index >= 15 is 0 Å². The number of amides is 2. The SMILES string of the molecule is O=C(CCNS(=O)(=O)c1ccccc1)NNC(=O)c1ccc(S(=O)(=O)N2CCCC2)cc1. The molecule has 1 heterocycles. The summed E-state index contributed by atoms with van der Waals surface area (Å²) in [6, 6.07) is 13.2. The predicted molar refractivity (Wildman–Crippen MR) is 116 cm³/mol. The minimum absolute atomic E-state index is 0.0869. The lowest BCUT2D eigenvalue weighted by Crippen LogP contribution is -2.42. The zero-order chi connectivity index (χ0) is 23.2. The second-order valence-corrected chi connectivity index (χ2v) is 10.8. The Kier molecular flexibility index (Phi) is 7.61. The van der Waals surface area contributed by atoms with Crippen LogP contribution in [-0.4, -0.2) is 52.6 Å². The van der Waals surface area contributed by atoms with E-state index in [0.29, 0.717) is 13.1 Å². The van der Waals surface area contributed by atoms with Gasteiger partial charge < -0.3 is 0 Å². The van der Waals surface area contributed by atoms with Crippen LogP contribution >= 0.6 is 0 Å². The van der Waals surface area contributed by atoms with Gasteiger partial charge >= 0.3 is 0 Å². The third kappa shape index (κ3) is 5.91. The van der Waals surface area contributed by atoms with Crippen LogP contribution in [0.4, 0.5) is 0 Å². The third-order valence-corrected chi connectivity index (χ3v) is 8.22. The summed E-state index contributed by atoms with van der Waals surface area (Å²) in [5, 5.41) is 0. The largest absolute Gasteiger partial charge is 0.273 e. The molecule has 172 valence electrons. The van der Waals surface area contributed by atoms with E-state index in [1.165, 1.54) is 40.7 Å². The molecular weight excluding hydrogens is 456 g/mol. The number of rotatable bonds is 8. The van der Waals surface area contributed by atoms with Crippen LogP contribution in [0.3, 0.4) is 0 Å². The molecule has 3 rings (SSSR count). The molecule has 1 aliphatic heterocycles. The van der Waals surface area contributed by atoms with Gasteiger partial charge in [-0.15, -0.1) is 0 Å². The summed E-state index contributed by atoms with van der Waals surface area (Å²) in [6.07, 6.45) is 1.46. The highest BCUT2D eigenvalue weighted by Gasteiger charge is 2.27. The number of carbonyl (C=O) groups is 2. The zero-order valence-corrected chi connectivity index (χ0v) is 18.8. The Morgan fingerprint density at radius 2 is 1.44 bits per heavy atom. The van der Waals surface area contributed by atoms with Crippen molar-refractivity contribution in [3.63, 3.8) is 0 Å². The van der Waals surface area contributed by atoms with Crippen molar-refractivity contribution in [2.45, 2.75) is 29.1 Å². The molecule has 0 radical (unpaired) electrons. The highest BCUT2D eigenvalue weighted by molar-refractivity contribution is 7.89. The molecule has 0 atom stereocenters. The molecule has 2 aromatic rings. The molecule has 2 amide bonds. The fourth-order valence-corrected chi connectivity index (χ4v) is 5.67. The summed E-state index contributed by atoms with van der Waals surface area (Å²) in [5.74, 6) is -1.23. The molecule has 32 heavy (non-hydrogen) atoms. The van der Waals surface area contributed by atoms with Gasteiger partial charge in [-0.25, -0.2) is 21.6 Å². The molecule has 10 nitrogen and oxygen atoms in total. The van der Waals surface area contributed by atoms with Crippen molar-refractivity contribution in [2.24, 2.45) is 0 Å². The summed E-state index contributed by atoms with van der Waals surface area (Å²) in [4.78, 5) is 24.3. The normalized spacial score (nSPS) is 14.8. The third-order valence-electron chi connectivity index (χ3n) is 4.83. The zero-order valence-electron chi connectivity index (χ0n) is 17.2. The number of nitrogens with zero attached hydrogens (tertiary/aromatic N) is 1. The Bertz CT molecular complexity index is 1160. The first kappa shape index (κ1) is 23.9. The Labute approximate surface area is 187 Å². The van der Waals surface area contributed by atoms with Crippen molar-refractivity contribution in [2.75, 3.05) is 19.6 Å². The molecule has 12 heteroatoms. The van der Waals surface area contributed by atoms with Crippen molar-refractivity contribution in [1.82, 2.24) is 19.9 Å². The van der Waals surface area contributed by atoms with Gasteiger partial charge in [0, 0.05) is 31.6 Å². The maximum atomic E-state index is 12.5. The van der Waals surface area contributed by atoms with Crippen LogP contribution in [0.2, 0.25) is 0 Å². The smallest absolute Gasteiger partial charge is 0.269 e. The van der Waals surface area contributed by atoms with E-state index in [9.17, 15) is 26.4 Å². The van der Waals surface area contributed by atoms with Gasteiger partial charge in [-0.2, -0.15) is 4.31 Å². The number of hydrogen-bond acceptors (Lipinski definition) is 6. The van der Waals surface area contributed by atoms with Gasteiger partial charge in [0.05, 0.1) is 9.79 Å². The van der Waals surface area contributed by atoms with Crippen molar-refractivity contribution < 1.29 is 26.4 Å². The van der Waals surface area contributed by atoms with Crippen molar-refractivity contribution >= 4 is 31.9 Å². The Morgan fingerprint density at radius 3 is 2.06 bits per heavy atom. The van der Waals surface area contributed by atoms with Crippen molar-refractivity contribution in [3.8, 4) is 0 Å². The quantitative estimate of drug-likeness (QED) is 0.473. The average Bonchev–Trinajstić information content (AvgIpc) is 3.34. The first-order valence-electron chi connectivity index (χ1n) is 9.94. The molecule has 2 aromatic carbocycles. The van der Waals surface area contributed by atoms with Gasteiger partial charge in [-0.3, -0.25) is 20.4 Å². The lowest BCUT2D eigenvalue weighted by molar-refractivity contribution is -0.121. The van der Waals surface area contributed by atoms with E-state index in [2.05, 4.69) is 15.6 Å². The summed E-state index contributed by atoms with van der Waals surface area (Å²) in [6.45, 7) is 0.818. The van der Waals surface area contributed by atoms with Crippen LogP contribution in [0.5, 0.6) is 0 Å². The molecule has 0 saturated carbocycles. The lowest BCUT2D eigenvalue weighted by Gasteiger charge is -2.15. The lowest BCUT2D eigenvalue weighted by atomic mass is 10.2. The van der Waals surface area contributed by atoms with E-state index in [0.717, 1.165) is 12.8 Å². The molecule has 0 bridgehead atoms. The molecule has 1 saturated heterocycles. The maximum absolute atomic E-state index is 12.5. The van der Waals surface area contributed by atoms with Crippen LogP contribution in [0.25, 0.3) is 0 Å². The van der Waals surface area contributed by atoms with Crippen molar-refractivity contribution in [3.05, 3.63) is 60.2 Å². The summed E-state index contributed by atoms with van der Waals surface area (Å²) >= 11 is 0. The fourth-order valence-electron chi connectivity index (χ4n) is 3.10. The minimum atomic E-state index is -3.72. The Hall–Kier alpha value is -2.80. The van der Waals surface area contributed by atoms with Crippen LogP contribution in [0.1, 0.15) is 29.6 Å². The minimum Gasteiger partial charge on any atom is -0.273 e. The number of hydrogen-bond donors (Lipinski definition) is 3. The van der Waals surface area contributed by atoms with Crippen molar-refractivity contribution in [1.29, 1.82) is 0 Å². The van der Waals surface area contributed by atoms with E-state index in [4.69, 9.17) is 0 Å². The first-order valence-corrected chi connectivity index (χ1v) is 12.9. The maximum Gasteiger partial charge on any atom is 0.269 e. The molecule has 3 N–H and O–H groups in total. The van der Waals surface area contributed by atoms with Gasteiger partial charge in [-0.05, 0) is 49.2 Å². The first-order chi connectivity index (χ1) is 15.2. The van der Waals surface area contributed by atoms with Gasteiger partial charge in [0.1, 0.15) is 0 Å². The van der Waals surface area contributed by atoms with Crippen LogP contribution in [-0.2, 0) is 24.8 Å². The van der Waals surface area contributed by atoms with Gasteiger partial charge in [0.15, 0.2) is 0 Å². The van der Waals surface area contributed by atoms with Gasteiger partial charge in [-0.1, -0.05) is 18.2 Å². The summed E-state index contributed by atoms with van der Waals surface area (Å²) < 4.78 is 52.9. The fraction of sp³-hybridized carbons (Fsp3) is 0.300. The van der Waals surface area contributed by atoms with Gasteiger partial charge in [0.25, 0.3) is 5.91 Å². The highest BCUT2D eigenvalue weighted by Crippen LogP contribution is 2.21. The second-order valence-electron chi connectivity index (χ2n) is 7.10. The van der Waals surface area contributed by atoms with E-state index < -0.39 is 31.9 Å². The topological polar surface area (TPSA) is 142 Å². The second kappa shape index (κ2) is 10.2. The monoisotopic (exact) mass is 480 g/mol. The predicted octanol–water partition coefficient (Wildman–Crippen LogP) is 0.601. The molecule has 0 aliphatic carbocycles. The van der Waals surface area contributed by atoms with E-state index in [-0.39, 0.29) is 28.3 Å². The van der Waals surface area contributed by atoms with Crippen LogP contribution < -0.4 is 15.6 Å². The number of sulfonamides is 2. The van der Waals surface area contributed by atoms with E-state index in [1.807, 2.05) is 0 Å². The summed E-state index contributed by atoms with van der Waals surface area (Å²) in [5.41, 5.74) is 4.58. The van der Waals surface area contributed by atoms with Crippen LogP contribution in [0, 0.1) is 0 Å². The molecule has 1 aliphatic rings.